The lowest BCUT2D eigenvalue weighted by Crippen LogP contribution is -2.28. The number of carbonyl (C=O) groups is 1. The van der Waals surface area contributed by atoms with Gasteiger partial charge in [-0.2, -0.15) is 5.10 Å². The molecule has 0 saturated carbocycles. The average molecular weight is 433 g/mol. The molecule has 0 aliphatic carbocycles. The Morgan fingerprint density at radius 1 is 1.16 bits per heavy atom. The quantitative estimate of drug-likeness (QED) is 0.339. The molecule has 4 rings (SSSR count). The first-order valence-corrected chi connectivity index (χ1v) is 11.0. The molecular weight excluding hydrogens is 408 g/mol. The van der Waals surface area contributed by atoms with E-state index < -0.39 is 0 Å². The van der Waals surface area contributed by atoms with Crippen LogP contribution in [-0.4, -0.2) is 33.4 Å². The highest BCUT2D eigenvalue weighted by atomic mass is 32.2. The lowest BCUT2D eigenvalue weighted by Gasteiger charge is -2.14. The number of hydrogen-bond acceptors (Lipinski definition) is 5. The summed E-state index contributed by atoms with van der Waals surface area (Å²) in [7, 11) is 1.65. The Kier molecular flexibility index (Phi) is 6.23. The zero-order valence-electron chi connectivity index (χ0n) is 17.7. The van der Waals surface area contributed by atoms with Gasteiger partial charge in [0.1, 0.15) is 10.8 Å². The Balaban J connectivity index is 1.51. The fourth-order valence-electron chi connectivity index (χ4n) is 3.37. The topological polar surface area (TPSA) is 68.5 Å². The molecule has 0 aliphatic heterocycles. The van der Waals surface area contributed by atoms with Crippen molar-refractivity contribution in [1.82, 2.24) is 19.9 Å². The number of benzene rings is 2. The second kappa shape index (κ2) is 9.22. The van der Waals surface area contributed by atoms with Gasteiger partial charge in [0.15, 0.2) is 5.65 Å². The standard InChI is InChI=1S/C24H24N4O2S/c1-16-13-23(31-15-22(29)27-17(2)18-7-5-4-6-8-18)28-24(26-16)21(14-25-28)19-9-11-20(30-3)12-10-19/h4-14,17H,15H2,1-3H3,(H,27,29)/t17-/m1/s1. The second-order valence-electron chi connectivity index (χ2n) is 7.25. The van der Waals surface area contributed by atoms with Crippen LogP contribution in [0.5, 0.6) is 5.75 Å². The molecule has 1 atom stereocenters. The van der Waals surface area contributed by atoms with Gasteiger partial charge in [0.2, 0.25) is 5.91 Å². The van der Waals surface area contributed by atoms with Gasteiger partial charge in [0, 0.05) is 11.3 Å². The molecule has 1 amide bonds. The number of methoxy groups -OCH3 is 1. The van der Waals surface area contributed by atoms with Crippen molar-refractivity contribution in [3.05, 3.63) is 78.1 Å². The van der Waals surface area contributed by atoms with Gasteiger partial charge in [-0.05, 0) is 43.2 Å². The fourth-order valence-corrected chi connectivity index (χ4v) is 4.25. The zero-order valence-corrected chi connectivity index (χ0v) is 18.5. The molecule has 7 heteroatoms. The predicted octanol–water partition coefficient (Wildman–Crippen LogP) is 4.68. The molecule has 0 bridgehead atoms. The minimum absolute atomic E-state index is 0.0218. The largest absolute Gasteiger partial charge is 0.497 e. The van der Waals surface area contributed by atoms with Crippen LogP contribution in [0.1, 0.15) is 24.2 Å². The molecule has 1 N–H and O–H groups in total. The zero-order chi connectivity index (χ0) is 21.8. The molecule has 2 aromatic heterocycles. The summed E-state index contributed by atoms with van der Waals surface area (Å²) in [6, 6.07) is 19.7. The molecule has 0 aliphatic rings. The number of aromatic nitrogens is 3. The minimum atomic E-state index is -0.0418. The van der Waals surface area contributed by atoms with Crippen molar-refractivity contribution in [3.8, 4) is 16.9 Å². The summed E-state index contributed by atoms with van der Waals surface area (Å²) >= 11 is 1.45. The van der Waals surface area contributed by atoms with Crippen molar-refractivity contribution in [2.75, 3.05) is 12.9 Å². The highest BCUT2D eigenvalue weighted by Gasteiger charge is 2.15. The number of fused-ring (bicyclic) bond motifs is 1. The van der Waals surface area contributed by atoms with Gasteiger partial charge in [0.05, 0.1) is 25.1 Å². The van der Waals surface area contributed by atoms with Crippen molar-refractivity contribution in [2.24, 2.45) is 0 Å². The Morgan fingerprint density at radius 2 is 1.90 bits per heavy atom. The third-order valence-electron chi connectivity index (χ3n) is 5.00. The van der Waals surface area contributed by atoms with E-state index in [1.807, 2.05) is 80.7 Å². The number of ether oxygens (including phenoxy) is 1. The van der Waals surface area contributed by atoms with Crippen LogP contribution in [0.4, 0.5) is 0 Å². The first-order chi connectivity index (χ1) is 15.0. The second-order valence-corrected chi connectivity index (χ2v) is 8.24. The van der Waals surface area contributed by atoms with E-state index in [0.29, 0.717) is 5.75 Å². The molecule has 31 heavy (non-hydrogen) atoms. The summed E-state index contributed by atoms with van der Waals surface area (Å²) < 4.78 is 7.04. The number of amides is 1. The van der Waals surface area contributed by atoms with E-state index in [-0.39, 0.29) is 11.9 Å². The Labute approximate surface area is 185 Å². The van der Waals surface area contributed by atoms with E-state index in [1.54, 1.807) is 11.6 Å². The Bertz CT molecular complexity index is 1190. The third kappa shape index (κ3) is 4.72. The molecule has 158 valence electrons. The summed E-state index contributed by atoms with van der Waals surface area (Å²) in [6.45, 7) is 3.94. The maximum Gasteiger partial charge on any atom is 0.230 e. The summed E-state index contributed by atoms with van der Waals surface area (Å²) in [5.74, 6) is 1.08. The number of rotatable bonds is 7. The van der Waals surface area contributed by atoms with Gasteiger partial charge in [-0.25, -0.2) is 9.50 Å². The molecule has 0 saturated heterocycles. The molecule has 4 aromatic rings. The highest BCUT2D eigenvalue weighted by molar-refractivity contribution is 7.99. The summed E-state index contributed by atoms with van der Waals surface area (Å²) in [5, 5.41) is 8.47. The number of aryl methyl sites for hydroxylation is 1. The van der Waals surface area contributed by atoms with Crippen molar-refractivity contribution >= 4 is 23.3 Å². The van der Waals surface area contributed by atoms with Crippen molar-refractivity contribution in [2.45, 2.75) is 24.9 Å². The van der Waals surface area contributed by atoms with E-state index in [9.17, 15) is 4.79 Å². The van der Waals surface area contributed by atoms with Crippen molar-refractivity contribution in [3.63, 3.8) is 0 Å². The van der Waals surface area contributed by atoms with Crippen LogP contribution in [0.2, 0.25) is 0 Å². The normalized spacial score (nSPS) is 12.0. The molecule has 2 heterocycles. The number of nitrogens with one attached hydrogen (secondary N) is 1. The maximum absolute atomic E-state index is 12.5. The smallest absolute Gasteiger partial charge is 0.230 e. The molecule has 2 aromatic carbocycles. The van der Waals surface area contributed by atoms with Gasteiger partial charge in [-0.15, -0.1) is 0 Å². The lowest BCUT2D eigenvalue weighted by atomic mass is 10.1. The monoisotopic (exact) mass is 432 g/mol. The van der Waals surface area contributed by atoms with Crippen molar-refractivity contribution in [1.29, 1.82) is 0 Å². The fraction of sp³-hybridized carbons (Fsp3) is 0.208. The molecule has 0 spiro atoms. The van der Waals surface area contributed by atoms with Crippen LogP contribution in [0, 0.1) is 6.92 Å². The van der Waals surface area contributed by atoms with E-state index in [4.69, 9.17) is 4.74 Å². The SMILES string of the molecule is COc1ccc(-c2cnn3c(SCC(=O)N[C@H](C)c4ccccc4)cc(C)nc23)cc1. The first-order valence-electron chi connectivity index (χ1n) is 10.0. The van der Waals surface area contributed by atoms with Crippen LogP contribution < -0.4 is 10.1 Å². The number of hydrogen-bond donors (Lipinski definition) is 1. The van der Waals surface area contributed by atoms with Crippen LogP contribution in [0.3, 0.4) is 0 Å². The minimum Gasteiger partial charge on any atom is -0.497 e. The van der Waals surface area contributed by atoms with E-state index in [1.165, 1.54) is 11.8 Å². The number of nitrogens with zero attached hydrogens (tertiary/aromatic N) is 3. The highest BCUT2D eigenvalue weighted by Crippen LogP contribution is 2.29. The van der Waals surface area contributed by atoms with Gasteiger partial charge in [-0.1, -0.05) is 54.2 Å². The molecule has 0 radical (unpaired) electrons. The third-order valence-corrected chi connectivity index (χ3v) is 5.99. The lowest BCUT2D eigenvalue weighted by molar-refractivity contribution is -0.119. The van der Waals surface area contributed by atoms with Crippen molar-refractivity contribution < 1.29 is 9.53 Å². The van der Waals surface area contributed by atoms with Crippen LogP contribution in [-0.2, 0) is 4.79 Å². The predicted molar refractivity (Wildman–Crippen MR) is 123 cm³/mol. The van der Waals surface area contributed by atoms with Gasteiger partial charge >= 0.3 is 0 Å². The Morgan fingerprint density at radius 3 is 2.61 bits per heavy atom. The summed E-state index contributed by atoms with van der Waals surface area (Å²) in [4.78, 5) is 17.2. The van der Waals surface area contributed by atoms with Crippen LogP contribution in [0.25, 0.3) is 16.8 Å². The van der Waals surface area contributed by atoms with Gasteiger partial charge < -0.3 is 10.1 Å². The molecule has 0 unspecified atom stereocenters. The van der Waals surface area contributed by atoms with E-state index >= 15 is 0 Å². The van der Waals surface area contributed by atoms with E-state index in [2.05, 4.69) is 15.4 Å². The summed E-state index contributed by atoms with van der Waals surface area (Å²) in [6.07, 6.45) is 1.81. The number of carbonyl (C=O) groups excluding carboxylic acids is 1. The Hall–Kier alpha value is -3.32. The van der Waals surface area contributed by atoms with Crippen LogP contribution in [0.15, 0.2) is 71.9 Å². The van der Waals surface area contributed by atoms with Gasteiger partial charge in [-0.3, -0.25) is 4.79 Å². The molecule has 0 fully saturated rings. The van der Waals surface area contributed by atoms with Gasteiger partial charge in [0.25, 0.3) is 0 Å². The average Bonchev–Trinajstić information content (AvgIpc) is 3.22. The van der Waals surface area contributed by atoms with Crippen LogP contribution >= 0.6 is 11.8 Å². The number of thioether (sulfide) groups is 1. The summed E-state index contributed by atoms with van der Waals surface area (Å²) in [5.41, 5.74) is 4.68. The molecular formula is C24H24N4O2S. The first kappa shape index (κ1) is 20.9. The van der Waals surface area contributed by atoms with E-state index in [0.717, 1.165) is 38.8 Å². The molecule has 6 nitrogen and oxygen atoms in total. The maximum atomic E-state index is 12.5.